The van der Waals surface area contributed by atoms with Gasteiger partial charge in [-0.3, -0.25) is 0 Å². The van der Waals surface area contributed by atoms with E-state index in [1.165, 1.54) is 27.6 Å². The van der Waals surface area contributed by atoms with Crippen LogP contribution in [0.5, 0.6) is 0 Å². The van der Waals surface area contributed by atoms with Crippen LogP contribution in [0.4, 0.5) is 0 Å². The highest BCUT2D eigenvalue weighted by atomic mass is 14.9. The number of aromatic nitrogens is 3. The third-order valence-corrected chi connectivity index (χ3v) is 10.5. The first-order valence-corrected chi connectivity index (χ1v) is 18.9. The van der Waals surface area contributed by atoms with Crippen molar-refractivity contribution in [3.63, 3.8) is 0 Å². The summed E-state index contributed by atoms with van der Waals surface area (Å²) in [6, 6.07) is 74.5. The van der Waals surface area contributed by atoms with Crippen molar-refractivity contribution < 1.29 is 0 Å². The Labute approximate surface area is 326 Å². The van der Waals surface area contributed by atoms with Gasteiger partial charge in [-0.1, -0.05) is 206 Å². The minimum atomic E-state index is 0.703. The molecule has 0 saturated carbocycles. The van der Waals surface area contributed by atoms with Crippen LogP contribution in [0.3, 0.4) is 0 Å². The van der Waals surface area contributed by atoms with Crippen LogP contribution in [0.2, 0.25) is 0 Å². The maximum absolute atomic E-state index is 5.54. The summed E-state index contributed by atoms with van der Waals surface area (Å²) in [5.74, 6) is 0.703. The third-order valence-electron chi connectivity index (χ3n) is 10.5. The number of pyridine rings is 1. The van der Waals surface area contributed by atoms with E-state index in [4.69, 9.17) is 15.0 Å². The molecule has 2 heterocycles. The van der Waals surface area contributed by atoms with Crippen molar-refractivity contribution in [3.05, 3.63) is 212 Å². The molecule has 0 aliphatic carbocycles. The van der Waals surface area contributed by atoms with E-state index in [9.17, 15) is 0 Å². The molecule has 0 N–H and O–H groups in total. The molecule has 0 aliphatic rings. The number of hydrogen-bond donors (Lipinski definition) is 0. The van der Waals surface area contributed by atoms with Crippen LogP contribution < -0.4 is 0 Å². The van der Waals surface area contributed by atoms with Crippen molar-refractivity contribution in [3.8, 4) is 78.5 Å². The van der Waals surface area contributed by atoms with Crippen LogP contribution in [0, 0.1) is 0 Å². The standard InChI is InChI=1S/C53H35N3/c1-5-15-36(16-6-1)37-27-33-42(34-28-37)51-46-25-13-23-44(38-17-7-2-8-18-38)50(46)47-26-14-24-45(52(47)56-51)39-29-31-41(32-30-39)49-35-48(40-19-9-3-10-20-40)54-53(55-49)43-21-11-4-12-22-43/h1-35H. The van der Waals surface area contributed by atoms with Gasteiger partial charge in [0.25, 0.3) is 0 Å². The van der Waals surface area contributed by atoms with Crippen LogP contribution >= 0.6 is 0 Å². The second-order valence-corrected chi connectivity index (χ2v) is 14.0. The molecular formula is C53H35N3. The number of benzene rings is 8. The van der Waals surface area contributed by atoms with Crippen LogP contribution in [0.15, 0.2) is 212 Å². The number of fused-ring (bicyclic) bond motifs is 3. The lowest BCUT2D eigenvalue weighted by Gasteiger charge is -2.16. The van der Waals surface area contributed by atoms with Crippen LogP contribution in [0.1, 0.15) is 0 Å². The Morgan fingerprint density at radius 3 is 1.32 bits per heavy atom. The van der Waals surface area contributed by atoms with Crippen molar-refractivity contribution in [2.45, 2.75) is 0 Å². The predicted molar refractivity (Wildman–Crippen MR) is 233 cm³/mol. The van der Waals surface area contributed by atoms with Gasteiger partial charge >= 0.3 is 0 Å². The van der Waals surface area contributed by atoms with E-state index < -0.39 is 0 Å². The average molecular weight is 714 g/mol. The first kappa shape index (κ1) is 33.1. The molecule has 2 aromatic heterocycles. The zero-order valence-corrected chi connectivity index (χ0v) is 30.5. The van der Waals surface area contributed by atoms with Crippen molar-refractivity contribution in [1.82, 2.24) is 15.0 Å². The zero-order valence-electron chi connectivity index (χ0n) is 30.5. The first-order chi connectivity index (χ1) is 27.8. The van der Waals surface area contributed by atoms with Gasteiger partial charge in [0.15, 0.2) is 5.82 Å². The Balaban J connectivity index is 1.13. The van der Waals surface area contributed by atoms with Gasteiger partial charge in [-0.05, 0) is 33.9 Å². The minimum Gasteiger partial charge on any atom is -0.246 e. The molecule has 0 radical (unpaired) electrons. The zero-order chi connectivity index (χ0) is 37.3. The van der Waals surface area contributed by atoms with Crippen molar-refractivity contribution in [2.75, 3.05) is 0 Å². The summed E-state index contributed by atoms with van der Waals surface area (Å²) in [6.07, 6.45) is 0. The molecular weight excluding hydrogens is 679 g/mol. The maximum Gasteiger partial charge on any atom is 0.160 e. The van der Waals surface area contributed by atoms with Crippen molar-refractivity contribution >= 4 is 21.7 Å². The summed E-state index contributed by atoms with van der Waals surface area (Å²) in [6.45, 7) is 0. The van der Waals surface area contributed by atoms with Crippen LogP contribution in [0.25, 0.3) is 100 Å². The lowest BCUT2D eigenvalue weighted by molar-refractivity contribution is 1.18. The van der Waals surface area contributed by atoms with E-state index in [1.807, 2.05) is 36.4 Å². The molecule has 0 bridgehead atoms. The second-order valence-electron chi connectivity index (χ2n) is 14.0. The van der Waals surface area contributed by atoms with Crippen molar-refractivity contribution in [1.29, 1.82) is 0 Å². The summed E-state index contributed by atoms with van der Waals surface area (Å²) in [5, 5.41) is 3.46. The molecule has 0 amide bonds. The third kappa shape index (κ3) is 6.21. The van der Waals surface area contributed by atoms with Gasteiger partial charge in [0.2, 0.25) is 0 Å². The monoisotopic (exact) mass is 713 g/mol. The Morgan fingerprint density at radius 1 is 0.268 bits per heavy atom. The van der Waals surface area contributed by atoms with E-state index in [0.29, 0.717) is 5.82 Å². The number of hydrogen-bond acceptors (Lipinski definition) is 3. The summed E-state index contributed by atoms with van der Waals surface area (Å²) in [4.78, 5) is 15.6. The van der Waals surface area contributed by atoms with E-state index >= 15 is 0 Å². The average Bonchev–Trinajstić information content (AvgIpc) is 3.29. The smallest absolute Gasteiger partial charge is 0.160 e. The van der Waals surface area contributed by atoms with Crippen molar-refractivity contribution in [2.24, 2.45) is 0 Å². The Hall–Kier alpha value is -7.49. The lowest BCUT2D eigenvalue weighted by atomic mass is 9.90. The molecule has 0 saturated heterocycles. The fourth-order valence-electron chi connectivity index (χ4n) is 7.73. The van der Waals surface area contributed by atoms with Gasteiger partial charge < -0.3 is 0 Å². The molecule has 56 heavy (non-hydrogen) atoms. The van der Waals surface area contributed by atoms with Crippen LogP contribution in [-0.4, -0.2) is 15.0 Å². The largest absolute Gasteiger partial charge is 0.246 e. The summed E-state index contributed by atoms with van der Waals surface area (Å²) in [7, 11) is 0. The van der Waals surface area contributed by atoms with E-state index in [0.717, 1.165) is 66.8 Å². The molecule has 0 fully saturated rings. The normalized spacial score (nSPS) is 11.2. The summed E-state index contributed by atoms with van der Waals surface area (Å²) in [5.41, 5.74) is 14.8. The van der Waals surface area contributed by atoms with E-state index in [-0.39, 0.29) is 0 Å². The topological polar surface area (TPSA) is 38.7 Å². The van der Waals surface area contributed by atoms with Gasteiger partial charge in [-0.25, -0.2) is 15.0 Å². The SMILES string of the molecule is c1ccc(-c2ccc(-c3nc4c(-c5ccc(-c6cc(-c7ccccc7)nc(-c7ccccc7)n6)cc5)cccc4c4c(-c5ccccc5)cccc34)cc2)cc1. The Morgan fingerprint density at radius 2 is 0.696 bits per heavy atom. The molecule has 0 aliphatic heterocycles. The first-order valence-electron chi connectivity index (χ1n) is 18.9. The maximum atomic E-state index is 5.54. The second kappa shape index (κ2) is 14.4. The summed E-state index contributed by atoms with van der Waals surface area (Å²) < 4.78 is 0. The molecule has 0 atom stereocenters. The number of nitrogens with zero attached hydrogens (tertiary/aromatic N) is 3. The van der Waals surface area contributed by atoms with E-state index in [2.05, 4.69) is 176 Å². The Bertz CT molecular complexity index is 2900. The van der Waals surface area contributed by atoms with Gasteiger partial charge in [0.1, 0.15) is 0 Å². The highest BCUT2D eigenvalue weighted by Gasteiger charge is 2.18. The van der Waals surface area contributed by atoms with Gasteiger partial charge in [0, 0.05) is 44.0 Å². The van der Waals surface area contributed by atoms with Crippen LogP contribution in [-0.2, 0) is 0 Å². The minimum absolute atomic E-state index is 0.703. The molecule has 10 rings (SSSR count). The Kier molecular flexibility index (Phi) is 8.51. The van der Waals surface area contributed by atoms with E-state index in [1.54, 1.807) is 0 Å². The highest BCUT2D eigenvalue weighted by molar-refractivity contribution is 6.19. The summed E-state index contributed by atoms with van der Waals surface area (Å²) >= 11 is 0. The molecule has 0 spiro atoms. The number of para-hydroxylation sites is 1. The fraction of sp³-hybridized carbons (Fsp3) is 0. The molecule has 8 aromatic carbocycles. The molecule has 262 valence electrons. The molecule has 3 nitrogen and oxygen atoms in total. The van der Waals surface area contributed by atoms with Gasteiger partial charge in [0.05, 0.1) is 22.6 Å². The molecule has 10 aromatic rings. The molecule has 3 heteroatoms. The van der Waals surface area contributed by atoms with Gasteiger partial charge in [-0.15, -0.1) is 0 Å². The fourth-order valence-corrected chi connectivity index (χ4v) is 7.73. The highest BCUT2D eigenvalue weighted by Crippen LogP contribution is 2.42. The molecule has 0 unspecified atom stereocenters. The van der Waals surface area contributed by atoms with Gasteiger partial charge in [-0.2, -0.15) is 0 Å². The lowest BCUT2D eigenvalue weighted by Crippen LogP contribution is -1.96. The predicted octanol–water partition coefficient (Wildman–Crippen LogP) is 13.8. The number of rotatable bonds is 7. The quantitative estimate of drug-likeness (QED) is 0.154.